The Morgan fingerprint density at radius 1 is 1.32 bits per heavy atom. The van der Waals surface area contributed by atoms with E-state index in [0.29, 0.717) is 36.3 Å². The minimum absolute atomic E-state index is 0.250. The number of halogens is 1. The number of hydrogen-bond acceptors (Lipinski definition) is 5. The fourth-order valence-electron chi connectivity index (χ4n) is 3.52. The van der Waals surface area contributed by atoms with Gasteiger partial charge in [0.25, 0.3) is 5.56 Å². The summed E-state index contributed by atoms with van der Waals surface area (Å²) in [7, 11) is 0. The van der Waals surface area contributed by atoms with Crippen LogP contribution in [0.2, 0.25) is 5.02 Å². The maximum atomic E-state index is 12.1. The fraction of sp³-hybridized carbons (Fsp3) is 0.500. The molecule has 1 saturated heterocycles. The van der Waals surface area contributed by atoms with Gasteiger partial charge in [-0.1, -0.05) is 36.7 Å². The zero-order valence-electron chi connectivity index (χ0n) is 15.7. The molecule has 3 rings (SSSR count). The van der Waals surface area contributed by atoms with Crippen LogP contribution >= 0.6 is 11.6 Å². The van der Waals surface area contributed by atoms with Gasteiger partial charge in [-0.25, -0.2) is 4.79 Å². The highest BCUT2D eigenvalue weighted by molar-refractivity contribution is 6.31. The minimum Gasteiger partial charge on any atom is -0.393 e. The molecule has 1 unspecified atom stereocenters. The van der Waals surface area contributed by atoms with E-state index in [1.165, 1.54) is 10.8 Å². The summed E-state index contributed by atoms with van der Waals surface area (Å²) in [6, 6.07) is 7.36. The van der Waals surface area contributed by atoms with Crippen LogP contribution in [-0.4, -0.2) is 38.1 Å². The maximum Gasteiger partial charge on any atom is 0.330 e. The molecule has 0 radical (unpaired) electrons. The van der Waals surface area contributed by atoms with E-state index in [9.17, 15) is 19.8 Å². The predicted molar refractivity (Wildman–Crippen MR) is 106 cm³/mol. The van der Waals surface area contributed by atoms with E-state index < -0.39 is 35.8 Å². The summed E-state index contributed by atoms with van der Waals surface area (Å²) in [5.41, 5.74) is 0.394. The Morgan fingerprint density at radius 3 is 2.79 bits per heavy atom. The standard InChI is InChI=1S/C20H25ClN2O5/c1-2-12-11-23(20(27)22-19(12)26)18-10-16(25)17(28-18)8-7-14(24)9-13-5-3-4-6-15(13)21/h3-6,11,14,16-18,24-25H,2,7-10H2,1H3,(H,22,26,27)/t14-,16?,17-,18-/m0/s1. The molecule has 28 heavy (non-hydrogen) atoms. The largest absolute Gasteiger partial charge is 0.393 e. The average Bonchev–Trinajstić information content (AvgIpc) is 3.02. The van der Waals surface area contributed by atoms with Crippen LogP contribution in [0.4, 0.5) is 0 Å². The van der Waals surface area contributed by atoms with E-state index in [2.05, 4.69) is 4.98 Å². The normalized spacial score (nSPS) is 23.1. The molecule has 0 aliphatic carbocycles. The first-order valence-electron chi connectivity index (χ1n) is 9.48. The smallest absolute Gasteiger partial charge is 0.330 e. The zero-order valence-corrected chi connectivity index (χ0v) is 16.4. The first-order chi connectivity index (χ1) is 13.4. The molecular formula is C20H25ClN2O5. The highest BCUT2D eigenvalue weighted by atomic mass is 35.5. The molecular weight excluding hydrogens is 384 g/mol. The molecule has 2 heterocycles. The van der Waals surface area contributed by atoms with Gasteiger partial charge in [0.05, 0.1) is 18.3 Å². The Kier molecular flexibility index (Phi) is 6.72. The number of aromatic amines is 1. The van der Waals surface area contributed by atoms with Gasteiger partial charge < -0.3 is 14.9 Å². The molecule has 1 aromatic carbocycles. The molecule has 0 bridgehead atoms. The second-order valence-electron chi connectivity index (χ2n) is 7.13. The van der Waals surface area contributed by atoms with Crippen LogP contribution in [0.15, 0.2) is 40.1 Å². The summed E-state index contributed by atoms with van der Waals surface area (Å²) in [5, 5.41) is 21.2. The number of aliphatic hydroxyl groups excluding tert-OH is 2. The maximum absolute atomic E-state index is 12.1. The molecule has 152 valence electrons. The van der Waals surface area contributed by atoms with Crippen LogP contribution < -0.4 is 11.2 Å². The van der Waals surface area contributed by atoms with Gasteiger partial charge >= 0.3 is 5.69 Å². The Bertz CT molecular complexity index is 925. The number of nitrogens with zero attached hydrogens (tertiary/aromatic N) is 1. The third-order valence-corrected chi connectivity index (χ3v) is 5.50. The Hall–Kier alpha value is -1.93. The van der Waals surface area contributed by atoms with Crippen LogP contribution in [0.1, 0.15) is 43.5 Å². The first-order valence-corrected chi connectivity index (χ1v) is 9.86. The number of H-pyrrole nitrogens is 1. The van der Waals surface area contributed by atoms with Crippen LogP contribution in [0.25, 0.3) is 0 Å². The SMILES string of the molecule is CCc1cn([C@@H]2CC(O)[C@H](CC[C@H](O)Cc3ccccc3Cl)O2)c(=O)[nH]c1=O. The molecule has 1 aliphatic heterocycles. The number of aliphatic hydroxyl groups is 2. The highest BCUT2D eigenvalue weighted by Gasteiger charge is 2.35. The molecule has 2 aromatic rings. The quantitative estimate of drug-likeness (QED) is 0.647. The molecule has 4 atom stereocenters. The van der Waals surface area contributed by atoms with Gasteiger partial charge in [0.15, 0.2) is 0 Å². The van der Waals surface area contributed by atoms with Crippen molar-refractivity contribution < 1.29 is 14.9 Å². The van der Waals surface area contributed by atoms with Crippen molar-refractivity contribution in [3.8, 4) is 0 Å². The molecule has 7 nitrogen and oxygen atoms in total. The number of aryl methyl sites for hydroxylation is 1. The van der Waals surface area contributed by atoms with Crippen LogP contribution in [-0.2, 0) is 17.6 Å². The van der Waals surface area contributed by atoms with Crippen molar-refractivity contribution in [2.45, 2.75) is 63.6 Å². The van der Waals surface area contributed by atoms with Crippen molar-refractivity contribution in [1.29, 1.82) is 0 Å². The van der Waals surface area contributed by atoms with E-state index in [1.54, 1.807) is 6.07 Å². The minimum atomic E-state index is -0.749. The number of aromatic nitrogens is 2. The van der Waals surface area contributed by atoms with E-state index in [-0.39, 0.29) is 6.42 Å². The summed E-state index contributed by atoms with van der Waals surface area (Å²) in [6.45, 7) is 1.83. The number of hydrogen-bond donors (Lipinski definition) is 3. The number of benzene rings is 1. The first kappa shape index (κ1) is 20.8. The lowest BCUT2D eigenvalue weighted by Gasteiger charge is -2.18. The summed E-state index contributed by atoms with van der Waals surface area (Å²) >= 11 is 6.12. The van der Waals surface area contributed by atoms with E-state index >= 15 is 0 Å². The van der Waals surface area contributed by atoms with Crippen molar-refractivity contribution in [1.82, 2.24) is 9.55 Å². The van der Waals surface area contributed by atoms with Crippen molar-refractivity contribution in [2.24, 2.45) is 0 Å². The lowest BCUT2D eigenvalue weighted by Crippen LogP contribution is -2.34. The van der Waals surface area contributed by atoms with E-state index in [1.807, 2.05) is 25.1 Å². The van der Waals surface area contributed by atoms with Crippen molar-refractivity contribution in [2.75, 3.05) is 0 Å². The third-order valence-electron chi connectivity index (χ3n) is 5.13. The molecule has 0 saturated carbocycles. The van der Waals surface area contributed by atoms with Gasteiger partial charge in [0.2, 0.25) is 0 Å². The number of nitrogens with one attached hydrogen (secondary N) is 1. The van der Waals surface area contributed by atoms with E-state index in [4.69, 9.17) is 16.3 Å². The molecule has 0 spiro atoms. The van der Waals surface area contributed by atoms with Gasteiger partial charge in [0, 0.05) is 23.2 Å². The van der Waals surface area contributed by atoms with Gasteiger partial charge in [-0.05, 0) is 37.3 Å². The Balaban J connectivity index is 1.61. The lowest BCUT2D eigenvalue weighted by atomic mass is 10.0. The zero-order chi connectivity index (χ0) is 20.3. The van der Waals surface area contributed by atoms with Crippen LogP contribution in [0, 0.1) is 0 Å². The number of ether oxygens (including phenoxy) is 1. The predicted octanol–water partition coefficient (Wildman–Crippen LogP) is 1.78. The second-order valence-corrected chi connectivity index (χ2v) is 7.54. The molecule has 3 N–H and O–H groups in total. The van der Waals surface area contributed by atoms with Gasteiger partial charge in [-0.3, -0.25) is 14.3 Å². The van der Waals surface area contributed by atoms with Crippen LogP contribution in [0.3, 0.4) is 0 Å². The second kappa shape index (κ2) is 9.05. The number of rotatable bonds is 7. The van der Waals surface area contributed by atoms with Gasteiger partial charge in [-0.15, -0.1) is 0 Å². The molecule has 1 aromatic heterocycles. The lowest BCUT2D eigenvalue weighted by molar-refractivity contribution is -0.0301. The van der Waals surface area contributed by atoms with Crippen molar-refractivity contribution in [3.05, 3.63) is 67.4 Å². The fourth-order valence-corrected chi connectivity index (χ4v) is 3.73. The molecule has 0 amide bonds. The molecule has 8 heteroatoms. The van der Waals surface area contributed by atoms with Crippen molar-refractivity contribution >= 4 is 11.6 Å². The summed E-state index contributed by atoms with van der Waals surface area (Å²) in [5.74, 6) is 0. The molecule has 1 fully saturated rings. The van der Waals surface area contributed by atoms with Crippen LogP contribution in [0.5, 0.6) is 0 Å². The van der Waals surface area contributed by atoms with Gasteiger partial charge in [0.1, 0.15) is 6.23 Å². The topological polar surface area (TPSA) is 105 Å². The Labute approximate surface area is 167 Å². The average molecular weight is 409 g/mol. The highest BCUT2D eigenvalue weighted by Crippen LogP contribution is 2.30. The molecule has 1 aliphatic rings. The Morgan fingerprint density at radius 2 is 2.07 bits per heavy atom. The van der Waals surface area contributed by atoms with Gasteiger partial charge in [-0.2, -0.15) is 0 Å². The summed E-state index contributed by atoms with van der Waals surface area (Å²) in [6.07, 6.45) is 1.03. The summed E-state index contributed by atoms with van der Waals surface area (Å²) < 4.78 is 7.18. The monoisotopic (exact) mass is 408 g/mol. The summed E-state index contributed by atoms with van der Waals surface area (Å²) in [4.78, 5) is 26.1. The van der Waals surface area contributed by atoms with Crippen molar-refractivity contribution in [3.63, 3.8) is 0 Å². The van der Waals surface area contributed by atoms with E-state index in [0.717, 1.165) is 5.56 Å². The third kappa shape index (κ3) is 4.72.